The Morgan fingerprint density at radius 2 is 1.84 bits per heavy atom. The molecule has 1 aliphatic carbocycles. The first-order valence-corrected chi connectivity index (χ1v) is 11.2. The second kappa shape index (κ2) is 8.19. The second-order valence-electron chi connectivity index (χ2n) is 8.51. The van der Waals surface area contributed by atoms with E-state index < -0.39 is 0 Å². The number of fused-ring (bicyclic) bond motifs is 4. The molecule has 0 aliphatic heterocycles. The highest BCUT2D eigenvalue weighted by molar-refractivity contribution is 6.09. The van der Waals surface area contributed by atoms with E-state index in [0.717, 1.165) is 68.5 Å². The first-order chi connectivity index (χ1) is 15.6. The summed E-state index contributed by atoms with van der Waals surface area (Å²) in [4.78, 5) is 12.9. The van der Waals surface area contributed by atoms with Gasteiger partial charge in [0.05, 0.1) is 7.11 Å². The molecule has 0 unspecified atom stereocenters. The summed E-state index contributed by atoms with van der Waals surface area (Å²) in [5, 5.41) is 6.31. The Kier molecular flexibility index (Phi) is 5.22. The molecule has 1 heterocycles. The van der Waals surface area contributed by atoms with Gasteiger partial charge in [-0.3, -0.25) is 4.79 Å². The molecule has 1 aromatic heterocycles. The molecule has 1 amide bonds. The molecule has 0 radical (unpaired) electrons. The van der Waals surface area contributed by atoms with Crippen molar-refractivity contribution in [2.24, 2.45) is 0 Å². The topological polar surface area (TPSA) is 51.5 Å². The van der Waals surface area contributed by atoms with Gasteiger partial charge in [-0.2, -0.15) is 0 Å². The number of aryl methyl sites for hydroxylation is 3. The molecule has 4 nitrogen and oxygen atoms in total. The lowest BCUT2D eigenvalue weighted by Crippen LogP contribution is -2.09. The molecule has 162 valence electrons. The maximum absolute atomic E-state index is 12.9. The van der Waals surface area contributed by atoms with Gasteiger partial charge in [-0.05, 0) is 56.2 Å². The summed E-state index contributed by atoms with van der Waals surface area (Å²) in [5.74, 6) is 1.70. The fourth-order valence-electron chi connectivity index (χ4n) is 4.87. The van der Waals surface area contributed by atoms with Crippen LogP contribution in [0.15, 0.2) is 59.0 Å². The van der Waals surface area contributed by atoms with Gasteiger partial charge in [-0.1, -0.05) is 36.4 Å². The predicted octanol–water partition coefficient (Wildman–Crippen LogP) is 6.82. The van der Waals surface area contributed by atoms with E-state index in [9.17, 15) is 4.79 Å². The van der Waals surface area contributed by atoms with Crippen molar-refractivity contribution in [1.82, 2.24) is 0 Å². The average molecular weight is 426 g/mol. The van der Waals surface area contributed by atoms with Crippen LogP contribution in [0.25, 0.3) is 27.3 Å². The quantitative estimate of drug-likeness (QED) is 0.365. The molecule has 4 heteroatoms. The zero-order valence-electron chi connectivity index (χ0n) is 18.7. The van der Waals surface area contributed by atoms with Crippen LogP contribution >= 0.6 is 0 Å². The van der Waals surface area contributed by atoms with Gasteiger partial charge in [-0.15, -0.1) is 0 Å². The molecule has 0 atom stereocenters. The monoisotopic (exact) mass is 425 g/mol. The molecule has 32 heavy (non-hydrogen) atoms. The van der Waals surface area contributed by atoms with Gasteiger partial charge in [-0.25, -0.2) is 0 Å². The maximum atomic E-state index is 12.9. The molecule has 1 aliphatic rings. The molecule has 5 rings (SSSR count). The number of ether oxygens (including phenoxy) is 1. The lowest BCUT2D eigenvalue weighted by atomic mass is 9.93. The van der Waals surface area contributed by atoms with Crippen LogP contribution in [0.1, 0.15) is 42.2 Å². The first kappa shape index (κ1) is 20.4. The molecule has 0 saturated heterocycles. The fraction of sp³-hybridized carbons (Fsp3) is 0.250. The Morgan fingerprint density at radius 1 is 1.06 bits per heavy atom. The van der Waals surface area contributed by atoms with Crippen LogP contribution in [0.5, 0.6) is 5.75 Å². The van der Waals surface area contributed by atoms with Crippen LogP contribution in [-0.4, -0.2) is 13.0 Å². The summed E-state index contributed by atoms with van der Waals surface area (Å²) >= 11 is 0. The zero-order valence-corrected chi connectivity index (χ0v) is 18.7. The third-order valence-corrected chi connectivity index (χ3v) is 6.45. The lowest BCUT2D eigenvalue weighted by Gasteiger charge is -2.14. The Labute approximate surface area is 187 Å². The molecule has 0 bridgehead atoms. The van der Waals surface area contributed by atoms with E-state index in [1.165, 1.54) is 18.4 Å². The van der Waals surface area contributed by atoms with Crippen molar-refractivity contribution in [3.63, 3.8) is 0 Å². The van der Waals surface area contributed by atoms with E-state index in [-0.39, 0.29) is 5.91 Å². The third kappa shape index (κ3) is 3.46. The summed E-state index contributed by atoms with van der Waals surface area (Å²) < 4.78 is 12.0. The number of nitrogens with one attached hydrogen (secondary N) is 1. The van der Waals surface area contributed by atoms with Crippen molar-refractivity contribution in [1.29, 1.82) is 0 Å². The van der Waals surface area contributed by atoms with Crippen LogP contribution < -0.4 is 10.1 Å². The number of benzene rings is 3. The van der Waals surface area contributed by atoms with Gasteiger partial charge >= 0.3 is 0 Å². The number of rotatable bonds is 4. The van der Waals surface area contributed by atoms with E-state index in [2.05, 4.69) is 11.4 Å². The Hall–Kier alpha value is -3.53. The highest BCUT2D eigenvalue weighted by Crippen LogP contribution is 2.41. The highest BCUT2D eigenvalue weighted by atomic mass is 16.5. The zero-order chi connectivity index (χ0) is 22.2. The fourth-order valence-corrected chi connectivity index (χ4v) is 4.87. The average Bonchev–Trinajstić information content (AvgIpc) is 3.18. The van der Waals surface area contributed by atoms with Crippen molar-refractivity contribution in [2.45, 2.75) is 39.5 Å². The SMILES string of the molecule is COc1c(/C(C)=C/C(=O)Nc2cccc3ccccc23)cc2c3c(oc2c1C)CCCC3. The molecule has 0 fully saturated rings. The third-order valence-electron chi connectivity index (χ3n) is 6.45. The number of hydrogen-bond donors (Lipinski definition) is 1. The van der Waals surface area contributed by atoms with Gasteiger partial charge in [0, 0.05) is 45.6 Å². The summed E-state index contributed by atoms with van der Waals surface area (Å²) in [6, 6.07) is 16.1. The number of furan rings is 1. The lowest BCUT2D eigenvalue weighted by molar-refractivity contribution is -0.111. The number of anilines is 1. The Balaban J connectivity index is 1.53. The summed E-state index contributed by atoms with van der Waals surface area (Å²) in [6.07, 6.45) is 6.03. The van der Waals surface area contributed by atoms with Crippen molar-refractivity contribution in [2.75, 3.05) is 12.4 Å². The standard InChI is InChI=1S/C28H27NO3/c1-17(15-26(30)29-24-13-8-10-19-9-4-5-11-20(19)24)22-16-23-21-12-6-7-14-25(21)32-28(23)18(2)27(22)31-3/h4-5,8-11,13,15-16H,6-7,12,14H2,1-3H3,(H,29,30)/b17-15+. The molecular weight excluding hydrogens is 398 g/mol. The van der Waals surface area contributed by atoms with E-state index in [1.807, 2.05) is 56.3 Å². The van der Waals surface area contributed by atoms with E-state index >= 15 is 0 Å². The van der Waals surface area contributed by atoms with E-state index in [0.29, 0.717) is 0 Å². The molecule has 0 saturated carbocycles. The molecule has 4 aromatic rings. The van der Waals surface area contributed by atoms with Crippen LogP contribution in [0, 0.1) is 6.92 Å². The predicted molar refractivity (Wildman–Crippen MR) is 130 cm³/mol. The summed E-state index contributed by atoms with van der Waals surface area (Å²) in [5.41, 5.74) is 5.79. The Morgan fingerprint density at radius 3 is 2.69 bits per heavy atom. The van der Waals surface area contributed by atoms with Crippen LogP contribution in [0.4, 0.5) is 5.69 Å². The normalized spacial score (nSPS) is 13.9. The van der Waals surface area contributed by atoms with Gasteiger partial charge in [0.15, 0.2) is 0 Å². The minimum Gasteiger partial charge on any atom is -0.496 e. The number of methoxy groups -OCH3 is 1. The molecule has 3 aromatic carbocycles. The smallest absolute Gasteiger partial charge is 0.248 e. The van der Waals surface area contributed by atoms with Crippen LogP contribution in [0.3, 0.4) is 0 Å². The highest BCUT2D eigenvalue weighted by Gasteiger charge is 2.23. The second-order valence-corrected chi connectivity index (χ2v) is 8.51. The molecule has 0 spiro atoms. The van der Waals surface area contributed by atoms with Crippen LogP contribution in [-0.2, 0) is 17.6 Å². The van der Waals surface area contributed by atoms with Crippen molar-refractivity contribution in [3.8, 4) is 5.75 Å². The number of hydrogen-bond acceptors (Lipinski definition) is 3. The largest absolute Gasteiger partial charge is 0.496 e. The number of carbonyl (C=O) groups excluding carboxylic acids is 1. The van der Waals surface area contributed by atoms with E-state index in [1.54, 1.807) is 13.2 Å². The number of amides is 1. The molecule has 1 N–H and O–H groups in total. The summed E-state index contributed by atoms with van der Waals surface area (Å²) in [6.45, 7) is 3.99. The van der Waals surface area contributed by atoms with Crippen molar-refractivity contribution >= 4 is 38.9 Å². The number of allylic oxidation sites excluding steroid dienone is 1. The van der Waals surface area contributed by atoms with Crippen molar-refractivity contribution < 1.29 is 13.9 Å². The van der Waals surface area contributed by atoms with Gasteiger partial charge < -0.3 is 14.5 Å². The van der Waals surface area contributed by atoms with Gasteiger partial charge in [0.2, 0.25) is 5.91 Å². The first-order valence-electron chi connectivity index (χ1n) is 11.2. The van der Waals surface area contributed by atoms with Crippen LogP contribution in [0.2, 0.25) is 0 Å². The van der Waals surface area contributed by atoms with Gasteiger partial charge in [0.1, 0.15) is 17.1 Å². The number of carbonyl (C=O) groups is 1. The van der Waals surface area contributed by atoms with Crippen molar-refractivity contribution in [3.05, 3.63) is 77.1 Å². The Bertz CT molecular complexity index is 1370. The minimum absolute atomic E-state index is 0.159. The van der Waals surface area contributed by atoms with Gasteiger partial charge in [0.25, 0.3) is 0 Å². The summed E-state index contributed by atoms with van der Waals surface area (Å²) in [7, 11) is 1.67. The molecular formula is C28H27NO3. The maximum Gasteiger partial charge on any atom is 0.248 e. The van der Waals surface area contributed by atoms with E-state index in [4.69, 9.17) is 9.15 Å². The minimum atomic E-state index is -0.159.